The monoisotopic (exact) mass is 391 g/mol. The number of halogens is 3. The summed E-state index contributed by atoms with van der Waals surface area (Å²) < 4.78 is 1.11. The summed E-state index contributed by atoms with van der Waals surface area (Å²) in [4.78, 5) is 12.0. The van der Waals surface area contributed by atoms with E-state index in [0.717, 1.165) is 9.26 Å². The summed E-state index contributed by atoms with van der Waals surface area (Å²) in [7, 11) is 0. The van der Waals surface area contributed by atoms with Gasteiger partial charge in [-0.1, -0.05) is 23.2 Å². The van der Waals surface area contributed by atoms with Gasteiger partial charge in [-0.05, 0) is 65.1 Å². The molecule has 5 heteroatoms. The van der Waals surface area contributed by atoms with E-state index in [1.807, 2.05) is 24.3 Å². The smallest absolute Gasteiger partial charge is 0.257 e. The lowest BCUT2D eigenvalue weighted by molar-refractivity contribution is 0.102. The molecule has 2 aromatic rings. The van der Waals surface area contributed by atoms with Crippen LogP contribution in [0.25, 0.3) is 0 Å². The zero-order valence-electron chi connectivity index (χ0n) is 9.08. The first-order valence-corrected chi connectivity index (χ1v) is 6.92. The molecule has 92 valence electrons. The Morgan fingerprint density at radius 1 is 1.06 bits per heavy atom. The van der Waals surface area contributed by atoms with Crippen LogP contribution in [-0.2, 0) is 0 Å². The van der Waals surface area contributed by atoms with Crippen molar-refractivity contribution in [2.24, 2.45) is 0 Å². The topological polar surface area (TPSA) is 29.1 Å². The predicted molar refractivity (Wildman–Crippen MR) is 83.6 cm³/mol. The molecule has 0 heterocycles. The van der Waals surface area contributed by atoms with Gasteiger partial charge in [0.1, 0.15) is 0 Å². The lowest BCUT2D eigenvalue weighted by Crippen LogP contribution is -2.12. The third-order valence-electron chi connectivity index (χ3n) is 2.28. The zero-order valence-corrected chi connectivity index (χ0v) is 12.8. The highest BCUT2D eigenvalue weighted by Crippen LogP contribution is 2.22. The van der Waals surface area contributed by atoms with Crippen LogP contribution in [0.2, 0.25) is 10.0 Å². The molecule has 18 heavy (non-hydrogen) atoms. The average molecular weight is 392 g/mol. The zero-order chi connectivity index (χ0) is 13.1. The first kappa shape index (κ1) is 13.6. The van der Waals surface area contributed by atoms with Crippen molar-refractivity contribution in [3.8, 4) is 0 Å². The highest BCUT2D eigenvalue weighted by Gasteiger charge is 2.10. The molecule has 1 amide bonds. The van der Waals surface area contributed by atoms with Crippen molar-refractivity contribution in [2.45, 2.75) is 0 Å². The van der Waals surface area contributed by atoms with E-state index >= 15 is 0 Å². The van der Waals surface area contributed by atoms with Gasteiger partial charge in [0.15, 0.2) is 0 Å². The number of hydrogen-bond donors (Lipinski definition) is 1. The SMILES string of the molecule is O=C(Nc1ccc(I)cc1)c1ccc(Cl)cc1Cl. The number of hydrogen-bond acceptors (Lipinski definition) is 1. The summed E-state index contributed by atoms with van der Waals surface area (Å²) in [6.45, 7) is 0. The maximum Gasteiger partial charge on any atom is 0.257 e. The Hall–Kier alpha value is -0.780. The van der Waals surface area contributed by atoms with Crippen LogP contribution in [0.3, 0.4) is 0 Å². The van der Waals surface area contributed by atoms with Crippen molar-refractivity contribution in [3.05, 3.63) is 61.6 Å². The third kappa shape index (κ3) is 3.37. The number of nitrogens with one attached hydrogen (secondary N) is 1. The lowest BCUT2D eigenvalue weighted by Gasteiger charge is -2.07. The van der Waals surface area contributed by atoms with Gasteiger partial charge in [0.05, 0.1) is 10.6 Å². The van der Waals surface area contributed by atoms with Crippen LogP contribution >= 0.6 is 45.8 Å². The van der Waals surface area contributed by atoms with Gasteiger partial charge < -0.3 is 5.32 Å². The van der Waals surface area contributed by atoms with Crippen LogP contribution in [-0.4, -0.2) is 5.91 Å². The molecule has 2 nitrogen and oxygen atoms in total. The van der Waals surface area contributed by atoms with Gasteiger partial charge >= 0.3 is 0 Å². The first-order valence-electron chi connectivity index (χ1n) is 5.08. The van der Waals surface area contributed by atoms with Crippen molar-refractivity contribution in [3.63, 3.8) is 0 Å². The van der Waals surface area contributed by atoms with Gasteiger partial charge in [-0.2, -0.15) is 0 Å². The number of benzene rings is 2. The normalized spacial score (nSPS) is 10.2. The Labute approximate surface area is 128 Å². The van der Waals surface area contributed by atoms with Gasteiger partial charge in [0.25, 0.3) is 5.91 Å². The van der Waals surface area contributed by atoms with E-state index < -0.39 is 0 Å². The number of anilines is 1. The molecule has 0 spiro atoms. The third-order valence-corrected chi connectivity index (χ3v) is 3.54. The van der Waals surface area contributed by atoms with Gasteiger partial charge in [-0.15, -0.1) is 0 Å². The summed E-state index contributed by atoms with van der Waals surface area (Å²) >= 11 is 14.0. The minimum absolute atomic E-state index is 0.252. The van der Waals surface area contributed by atoms with Crippen LogP contribution in [0.4, 0.5) is 5.69 Å². The summed E-state index contributed by atoms with van der Waals surface area (Å²) in [5, 5.41) is 3.62. The minimum Gasteiger partial charge on any atom is -0.322 e. The average Bonchev–Trinajstić information content (AvgIpc) is 2.32. The molecule has 0 atom stereocenters. The molecule has 0 aliphatic heterocycles. The van der Waals surface area contributed by atoms with Crippen molar-refractivity contribution in [2.75, 3.05) is 5.32 Å². The molecule has 0 aliphatic carbocycles. The second kappa shape index (κ2) is 5.91. The molecule has 2 rings (SSSR count). The van der Waals surface area contributed by atoms with Crippen molar-refractivity contribution in [1.82, 2.24) is 0 Å². The number of carbonyl (C=O) groups is 1. The van der Waals surface area contributed by atoms with Gasteiger partial charge in [0, 0.05) is 14.3 Å². The molecular weight excluding hydrogens is 384 g/mol. The summed E-state index contributed by atoms with van der Waals surface area (Å²) in [5.74, 6) is -0.252. The molecule has 0 bridgehead atoms. The molecule has 2 aromatic carbocycles. The van der Waals surface area contributed by atoms with Gasteiger partial charge in [-0.25, -0.2) is 0 Å². The number of carbonyl (C=O) groups excluding carboxylic acids is 1. The Bertz CT molecular complexity index is 584. The Kier molecular flexibility index (Phi) is 4.48. The second-order valence-electron chi connectivity index (χ2n) is 3.59. The highest BCUT2D eigenvalue weighted by molar-refractivity contribution is 14.1. The fourth-order valence-corrected chi connectivity index (χ4v) is 2.26. The molecule has 0 unspecified atom stereocenters. The van der Waals surface area contributed by atoms with Crippen LogP contribution in [0, 0.1) is 3.57 Å². The summed E-state index contributed by atoms with van der Waals surface area (Å²) in [6.07, 6.45) is 0. The maximum absolute atomic E-state index is 12.0. The molecule has 0 saturated heterocycles. The summed E-state index contributed by atoms with van der Waals surface area (Å²) in [5.41, 5.74) is 1.13. The van der Waals surface area contributed by atoms with Crippen molar-refractivity contribution < 1.29 is 4.79 Å². The van der Waals surface area contributed by atoms with Crippen LogP contribution in [0.1, 0.15) is 10.4 Å². The minimum atomic E-state index is -0.252. The fraction of sp³-hybridized carbons (Fsp3) is 0. The fourth-order valence-electron chi connectivity index (χ4n) is 1.41. The number of rotatable bonds is 2. The Morgan fingerprint density at radius 2 is 1.72 bits per heavy atom. The van der Waals surface area contributed by atoms with Crippen molar-refractivity contribution >= 4 is 57.4 Å². The standard InChI is InChI=1S/C13H8Cl2INO/c14-8-1-6-11(12(15)7-8)13(18)17-10-4-2-9(16)3-5-10/h1-7H,(H,17,18). The Balaban J connectivity index is 2.19. The van der Waals surface area contributed by atoms with Crippen LogP contribution in [0.5, 0.6) is 0 Å². The largest absolute Gasteiger partial charge is 0.322 e. The molecule has 0 aromatic heterocycles. The van der Waals surface area contributed by atoms with E-state index in [-0.39, 0.29) is 5.91 Å². The van der Waals surface area contributed by atoms with Gasteiger partial charge in [0.2, 0.25) is 0 Å². The molecule has 0 radical (unpaired) electrons. The molecule has 1 N–H and O–H groups in total. The molecular formula is C13H8Cl2INO. The van der Waals surface area contributed by atoms with Crippen LogP contribution in [0.15, 0.2) is 42.5 Å². The van der Waals surface area contributed by atoms with E-state index in [0.29, 0.717) is 15.6 Å². The highest BCUT2D eigenvalue weighted by atomic mass is 127. The quantitative estimate of drug-likeness (QED) is 0.728. The van der Waals surface area contributed by atoms with E-state index in [1.165, 1.54) is 0 Å². The van der Waals surface area contributed by atoms with Crippen molar-refractivity contribution in [1.29, 1.82) is 0 Å². The van der Waals surface area contributed by atoms with Crippen LogP contribution < -0.4 is 5.32 Å². The molecule has 0 saturated carbocycles. The Morgan fingerprint density at radius 3 is 2.33 bits per heavy atom. The molecule has 0 fully saturated rings. The number of amides is 1. The second-order valence-corrected chi connectivity index (χ2v) is 5.67. The molecule has 0 aliphatic rings. The maximum atomic E-state index is 12.0. The lowest BCUT2D eigenvalue weighted by atomic mass is 10.2. The van der Waals surface area contributed by atoms with Gasteiger partial charge in [-0.3, -0.25) is 4.79 Å². The van der Waals surface area contributed by atoms with E-state index in [4.69, 9.17) is 23.2 Å². The first-order chi connectivity index (χ1) is 8.56. The van der Waals surface area contributed by atoms with E-state index in [9.17, 15) is 4.79 Å². The summed E-state index contributed by atoms with van der Waals surface area (Å²) in [6, 6.07) is 12.3. The van der Waals surface area contributed by atoms with E-state index in [1.54, 1.807) is 18.2 Å². The predicted octanol–water partition coefficient (Wildman–Crippen LogP) is 4.85. The van der Waals surface area contributed by atoms with E-state index in [2.05, 4.69) is 27.9 Å².